The fraction of sp³-hybridized carbons (Fsp3) is 0.0625. The summed E-state index contributed by atoms with van der Waals surface area (Å²) in [4.78, 5) is 28.2. The lowest BCUT2D eigenvalue weighted by molar-refractivity contribution is -0.113. The number of anilines is 1. The van der Waals surface area contributed by atoms with Crippen molar-refractivity contribution in [2.75, 3.05) is 10.6 Å². The van der Waals surface area contributed by atoms with Gasteiger partial charge in [-0.3, -0.25) is 9.59 Å². The molecule has 0 aliphatic rings. The van der Waals surface area contributed by atoms with Crippen molar-refractivity contribution in [3.05, 3.63) is 66.1 Å². The van der Waals surface area contributed by atoms with Crippen LogP contribution in [0.5, 0.6) is 0 Å². The van der Waals surface area contributed by atoms with Crippen LogP contribution in [0.2, 0.25) is 0 Å². The molecular formula is C16H12BrN3O2. The Balaban J connectivity index is 1.91. The number of benzene rings is 1. The van der Waals surface area contributed by atoms with E-state index >= 15 is 0 Å². The van der Waals surface area contributed by atoms with E-state index in [0.717, 1.165) is 5.65 Å². The van der Waals surface area contributed by atoms with E-state index in [1.807, 2.05) is 24.4 Å². The van der Waals surface area contributed by atoms with Crippen LogP contribution in [0.25, 0.3) is 5.65 Å². The number of imidazole rings is 1. The average Bonchev–Trinajstić information content (AvgIpc) is 2.98. The average molecular weight is 358 g/mol. The van der Waals surface area contributed by atoms with Gasteiger partial charge in [0.05, 0.1) is 5.33 Å². The zero-order valence-electron chi connectivity index (χ0n) is 11.5. The quantitative estimate of drug-likeness (QED) is 0.576. The maximum absolute atomic E-state index is 12.5. The SMILES string of the molecule is O=C(CBr)Nc1cccc(C(=O)c2cn3ccccc3n2)c1. The molecule has 0 fully saturated rings. The smallest absolute Gasteiger partial charge is 0.235 e. The Hall–Kier alpha value is -2.47. The summed E-state index contributed by atoms with van der Waals surface area (Å²) in [7, 11) is 0. The fourth-order valence-corrected chi connectivity index (χ4v) is 2.26. The lowest BCUT2D eigenvalue weighted by Crippen LogP contribution is -2.12. The molecule has 5 nitrogen and oxygen atoms in total. The molecule has 0 radical (unpaired) electrons. The summed E-state index contributed by atoms with van der Waals surface area (Å²) in [5, 5.41) is 2.91. The summed E-state index contributed by atoms with van der Waals surface area (Å²) in [5.74, 6) is -0.351. The first-order valence-corrected chi connectivity index (χ1v) is 7.74. The van der Waals surface area contributed by atoms with E-state index in [1.165, 1.54) is 0 Å². The predicted molar refractivity (Wildman–Crippen MR) is 87.5 cm³/mol. The van der Waals surface area contributed by atoms with Crippen molar-refractivity contribution in [3.8, 4) is 0 Å². The van der Waals surface area contributed by atoms with Gasteiger partial charge in [-0.05, 0) is 24.3 Å². The number of hydrogen-bond acceptors (Lipinski definition) is 3. The van der Waals surface area contributed by atoms with E-state index in [9.17, 15) is 9.59 Å². The largest absolute Gasteiger partial charge is 0.325 e. The van der Waals surface area contributed by atoms with Gasteiger partial charge in [0, 0.05) is 23.6 Å². The molecule has 2 aromatic heterocycles. The van der Waals surface area contributed by atoms with Gasteiger partial charge in [0.1, 0.15) is 11.3 Å². The van der Waals surface area contributed by atoms with Crippen molar-refractivity contribution < 1.29 is 9.59 Å². The molecule has 22 heavy (non-hydrogen) atoms. The number of amides is 1. The zero-order valence-corrected chi connectivity index (χ0v) is 13.1. The van der Waals surface area contributed by atoms with Gasteiger partial charge in [0.25, 0.3) is 0 Å². The molecule has 0 atom stereocenters. The molecule has 3 aromatic rings. The highest BCUT2D eigenvalue weighted by atomic mass is 79.9. The fourth-order valence-electron chi connectivity index (χ4n) is 2.12. The van der Waals surface area contributed by atoms with E-state index in [4.69, 9.17) is 0 Å². The second-order valence-corrected chi connectivity index (χ2v) is 5.24. The topological polar surface area (TPSA) is 63.5 Å². The highest BCUT2D eigenvalue weighted by molar-refractivity contribution is 9.09. The number of ketones is 1. The third-order valence-electron chi connectivity index (χ3n) is 3.13. The molecule has 0 aliphatic carbocycles. The second-order valence-electron chi connectivity index (χ2n) is 4.68. The summed E-state index contributed by atoms with van der Waals surface area (Å²) in [6.07, 6.45) is 3.53. The van der Waals surface area contributed by atoms with Crippen molar-refractivity contribution in [2.24, 2.45) is 0 Å². The minimum absolute atomic E-state index is 0.169. The van der Waals surface area contributed by atoms with Crippen LogP contribution in [0, 0.1) is 0 Å². The molecule has 6 heteroatoms. The summed E-state index contributed by atoms with van der Waals surface area (Å²) >= 11 is 3.08. The number of nitrogens with one attached hydrogen (secondary N) is 1. The van der Waals surface area contributed by atoms with Gasteiger partial charge in [-0.25, -0.2) is 4.98 Å². The maximum atomic E-state index is 12.5. The van der Waals surface area contributed by atoms with Gasteiger partial charge in [-0.1, -0.05) is 34.1 Å². The van der Waals surface area contributed by atoms with Crippen molar-refractivity contribution in [1.82, 2.24) is 9.38 Å². The van der Waals surface area contributed by atoms with Crippen molar-refractivity contribution in [2.45, 2.75) is 0 Å². The molecule has 1 aromatic carbocycles. The van der Waals surface area contributed by atoms with Crippen LogP contribution in [-0.2, 0) is 4.79 Å². The van der Waals surface area contributed by atoms with Crippen LogP contribution in [0.15, 0.2) is 54.9 Å². The Bertz CT molecular complexity index is 824. The number of carbonyl (C=O) groups excluding carboxylic acids is 2. The minimum atomic E-state index is -0.182. The Labute approximate surface area is 135 Å². The molecule has 2 heterocycles. The summed E-state index contributed by atoms with van der Waals surface area (Å²) < 4.78 is 1.80. The second kappa shape index (κ2) is 6.11. The van der Waals surface area contributed by atoms with Crippen LogP contribution in [0.4, 0.5) is 5.69 Å². The first-order valence-electron chi connectivity index (χ1n) is 6.61. The molecule has 0 aliphatic heterocycles. The van der Waals surface area contributed by atoms with Crippen molar-refractivity contribution in [3.63, 3.8) is 0 Å². The molecule has 0 saturated heterocycles. The summed E-state index contributed by atoms with van der Waals surface area (Å²) in [5.41, 5.74) is 2.15. The Morgan fingerprint density at radius 3 is 2.82 bits per heavy atom. The van der Waals surface area contributed by atoms with Gasteiger partial charge < -0.3 is 9.72 Å². The van der Waals surface area contributed by atoms with E-state index in [0.29, 0.717) is 16.9 Å². The van der Waals surface area contributed by atoms with Crippen LogP contribution in [0.3, 0.4) is 0 Å². The third kappa shape index (κ3) is 2.92. The number of fused-ring (bicyclic) bond motifs is 1. The van der Waals surface area contributed by atoms with Crippen LogP contribution >= 0.6 is 15.9 Å². The molecule has 1 N–H and O–H groups in total. The highest BCUT2D eigenvalue weighted by Gasteiger charge is 2.14. The number of hydrogen-bond donors (Lipinski definition) is 1. The van der Waals surface area contributed by atoms with Gasteiger partial charge in [0.2, 0.25) is 11.7 Å². The van der Waals surface area contributed by atoms with E-state index in [1.54, 1.807) is 34.9 Å². The Morgan fingerprint density at radius 1 is 1.18 bits per heavy atom. The van der Waals surface area contributed by atoms with Crippen LogP contribution in [-0.4, -0.2) is 26.4 Å². The van der Waals surface area contributed by atoms with Gasteiger partial charge >= 0.3 is 0 Å². The maximum Gasteiger partial charge on any atom is 0.235 e. The zero-order chi connectivity index (χ0) is 15.5. The first kappa shape index (κ1) is 14.5. The number of carbonyl (C=O) groups is 2. The number of pyridine rings is 1. The molecular weight excluding hydrogens is 346 g/mol. The lowest BCUT2D eigenvalue weighted by Gasteiger charge is -2.04. The highest BCUT2D eigenvalue weighted by Crippen LogP contribution is 2.15. The van der Waals surface area contributed by atoms with Crippen molar-refractivity contribution in [1.29, 1.82) is 0 Å². The number of aromatic nitrogens is 2. The molecule has 110 valence electrons. The lowest BCUT2D eigenvalue weighted by atomic mass is 10.1. The Morgan fingerprint density at radius 2 is 2.05 bits per heavy atom. The van der Waals surface area contributed by atoms with E-state index in [-0.39, 0.29) is 17.0 Å². The van der Waals surface area contributed by atoms with Gasteiger partial charge in [-0.2, -0.15) is 0 Å². The number of halogens is 1. The van der Waals surface area contributed by atoms with Crippen LogP contribution < -0.4 is 5.32 Å². The van der Waals surface area contributed by atoms with Crippen LogP contribution in [0.1, 0.15) is 16.1 Å². The van der Waals surface area contributed by atoms with E-state index in [2.05, 4.69) is 26.2 Å². The molecule has 0 saturated carbocycles. The molecule has 0 unspecified atom stereocenters. The Kier molecular flexibility index (Phi) is 4.02. The minimum Gasteiger partial charge on any atom is -0.325 e. The standard InChI is InChI=1S/C16H12BrN3O2/c17-9-15(21)18-12-5-3-4-11(8-12)16(22)13-10-20-7-2-1-6-14(20)19-13/h1-8,10H,9H2,(H,18,21). The molecule has 0 bridgehead atoms. The molecule has 3 rings (SSSR count). The normalized spacial score (nSPS) is 10.6. The number of nitrogens with zero attached hydrogens (tertiary/aromatic N) is 2. The van der Waals surface area contributed by atoms with Gasteiger partial charge in [0.15, 0.2) is 0 Å². The molecule has 1 amide bonds. The summed E-state index contributed by atoms with van der Waals surface area (Å²) in [6.45, 7) is 0. The molecule has 0 spiro atoms. The van der Waals surface area contributed by atoms with E-state index < -0.39 is 0 Å². The number of alkyl halides is 1. The monoisotopic (exact) mass is 357 g/mol. The number of rotatable bonds is 4. The predicted octanol–water partition coefficient (Wildman–Crippen LogP) is 2.90. The third-order valence-corrected chi connectivity index (χ3v) is 3.64. The van der Waals surface area contributed by atoms with Gasteiger partial charge in [-0.15, -0.1) is 0 Å². The first-order chi connectivity index (χ1) is 10.7. The summed E-state index contributed by atoms with van der Waals surface area (Å²) in [6, 6.07) is 12.4. The van der Waals surface area contributed by atoms with Crippen molar-refractivity contribution >= 4 is 39.0 Å².